The summed E-state index contributed by atoms with van der Waals surface area (Å²) in [6.45, 7) is 2.91. The van der Waals surface area contributed by atoms with Crippen molar-refractivity contribution in [2.24, 2.45) is 0 Å². The van der Waals surface area contributed by atoms with Gasteiger partial charge < -0.3 is 14.7 Å². The van der Waals surface area contributed by atoms with Crippen LogP contribution in [0.15, 0.2) is 18.2 Å². The number of ether oxygens (including phenoxy) is 1. The normalized spacial score (nSPS) is 22.8. The topological polar surface area (TPSA) is 49.8 Å². The summed E-state index contributed by atoms with van der Waals surface area (Å²) in [7, 11) is 0. The van der Waals surface area contributed by atoms with Crippen molar-refractivity contribution in [3.8, 4) is 5.75 Å². The molecule has 1 aromatic rings. The van der Waals surface area contributed by atoms with Gasteiger partial charge in [-0.15, -0.1) is 0 Å². The third-order valence-corrected chi connectivity index (χ3v) is 4.21. The first kappa shape index (κ1) is 16.4. The van der Waals surface area contributed by atoms with Gasteiger partial charge in [0, 0.05) is 24.2 Å². The Balaban J connectivity index is 1.91. The van der Waals surface area contributed by atoms with Crippen LogP contribution in [-0.2, 0) is 4.79 Å². The molecule has 1 atom stereocenters. The van der Waals surface area contributed by atoms with Crippen LogP contribution in [0.1, 0.15) is 26.2 Å². The van der Waals surface area contributed by atoms with Gasteiger partial charge in [0.1, 0.15) is 5.75 Å². The molecule has 0 radical (unpaired) electrons. The van der Waals surface area contributed by atoms with Crippen molar-refractivity contribution in [1.29, 1.82) is 0 Å². The van der Waals surface area contributed by atoms with Crippen molar-refractivity contribution < 1.29 is 14.6 Å². The highest BCUT2D eigenvalue weighted by Gasteiger charge is 2.27. The highest BCUT2D eigenvalue weighted by Crippen LogP contribution is 2.28. The van der Waals surface area contributed by atoms with Crippen molar-refractivity contribution in [3.63, 3.8) is 0 Å². The molecule has 1 heterocycles. The van der Waals surface area contributed by atoms with Gasteiger partial charge in [-0.25, -0.2) is 0 Å². The zero-order valence-electron chi connectivity index (χ0n) is 11.9. The quantitative estimate of drug-likeness (QED) is 0.925. The Bertz CT molecular complexity index is 520. The molecule has 0 aliphatic carbocycles. The molecular weight excluding hydrogens is 313 g/mol. The van der Waals surface area contributed by atoms with Crippen molar-refractivity contribution in [2.45, 2.75) is 31.8 Å². The second-order valence-corrected chi connectivity index (χ2v) is 6.44. The smallest absolute Gasteiger partial charge is 0.260 e. The fourth-order valence-electron chi connectivity index (χ4n) is 2.33. The van der Waals surface area contributed by atoms with E-state index in [-0.39, 0.29) is 12.5 Å². The van der Waals surface area contributed by atoms with Crippen LogP contribution in [0.4, 0.5) is 0 Å². The third-order valence-electron chi connectivity index (χ3n) is 3.66. The lowest BCUT2D eigenvalue weighted by atomic mass is 9.98. The number of halogens is 2. The van der Waals surface area contributed by atoms with Gasteiger partial charge in [-0.2, -0.15) is 0 Å². The lowest BCUT2D eigenvalue weighted by Crippen LogP contribution is -2.36. The molecule has 1 aromatic carbocycles. The molecule has 116 valence electrons. The first-order chi connectivity index (χ1) is 9.87. The molecule has 4 nitrogen and oxygen atoms in total. The number of aliphatic hydroxyl groups is 1. The summed E-state index contributed by atoms with van der Waals surface area (Å²) in [4.78, 5) is 13.9. The number of hydrogen-bond acceptors (Lipinski definition) is 3. The number of benzene rings is 1. The van der Waals surface area contributed by atoms with Crippen LogP contribution in [0.25, 0.3) is 0 Å². The number of hydrogen-bond donors (Lipinski definition) is 1. The number of rotatable bonds is 3. The maximum atomic E-state index is 12.2. The number of carbonyl (C=O) groups is 1. The summed E-state index contributed by atoms with van der Waals surface area (Å²) in [5, 5.41) is 11.0. The Morgan fingerprint density at radius 2 is 2.14 bits per heavy atom. The second-order valence-electron chi connectivity index (χ2n) is 5.59. The number of nitrogens with zero attached hydrogens (tertiary/aromatic N) is 1. The Morgan fingerprint density at radius 3 is 2.90 bits per heavy atom. The van der Waals surface area contributed by atoms with Gasteiger partial charge in [-0.3, -0.25) is 4.79 Å². The highest BCUT2D eigenvalue weighted by molar-refractivity contribution is 6.34. The average molecular weight is 332 g/mol. The van der Waals surface area contributed by atoms with Crippen LogP contribution in [-0.4, -0.2) is 41.2 Å². The molecular formula is C15H19Cl2NO3. The third kappa shape index (κ3) is 4.77. The van der Waals surface area contributed by atoms with Gasteiger partial charge in [0.05, 0.1) is 10.6 Å². The number of amides is 1. The summed E-state index contributed by atoms with van der Waals surface area (Å²) in [6, 6.07) is 4.88. The standard InChI is InChI=1S/C15H19Cl2NO3/c1-15(20)5-2-7-18(8-6-15)14(19)10-21-13-9-11(16)3-4-12(13)17/h3-4,9,20H,2,5-8,10H2,1H3. The molecule has 1 fully saturated rings. The fraction of sp³-hybridized carbons (Fsp3) is 0.533. The van der Waals surface area contributed by atoms with E-state index >= 15 is 0 Å². The van der Waals surface area contributed by atoms with Crippen molar-refractivity contribution in [2.75, 3.05) is 19.7 Å². The van der Waals surface area contributed by atoms with Crippen LogP contribution >= 0.6 is 23.2 Å². The van der Waals surface area contributed by atoms with Crippen LogP contribution in [0, 0.1) is 0 Å². The van der Waals surface area contributed by atoms with E-state index in [9.17, 15) is 9.90 Å². The van der Waals surface area contributed by atoms with Gasteiger partial charge in [0.2, 0.25) is 0 Å². The van der Waals surface area contributed by atoms with Gasteiger partial charge in [-0.05, 0) is 38.3 Å². The summed E-state index contributed by atoms with van der Waals surface area (Å²) in [5.74, 6) is 0.295. The van der Waals surface area contributed by atoms with Gasteiger partial charge >= 0.3 is 0 Å². The molecule has 1 aliphatic rings. The summed E-state index contributed by atoms with van der Waals surface area (Å²) >= 11 is 11.9. The minimum Gasteiger partial charge on any atom is -0.482 e. The van der Waals surface area contributed by atoms with Crippen molar-refractivity contribution in [1.82, 2.24) is 4.90 Å². The van der Waals surface area contributed by atoms with E-state index in [1.165, 1.54) is 0 Å². The lowest BCUT2D eigenvalue weighted by molar-refractivity contribution is -0.133. The molecule has 1 aliphatic heterocycles. The number of carbonyl (C=O) groups excluding carboxylic acids is 1. The van der Waals surface area contributed by atoms with E-state index in [1.54, 1.807) is 23.1 Å². The first-order valence-electron chi connectivity index (χ1n) is 6.95. The minimum absolute atomic E-state index is 0.0811. The zero-order valence-corrected chi connectivity index (χ0v) is 13.5. The fourth-order valence-corrected chi connectivity index (χ4v) is 2.67. The minimum atomic E-state index is -0.688. The molecule has 0 saturated carbocycles. The monoisotopic (exact) mass is 331 g/mol. The van der Waals surface area contributed by atoms with Gasteiger partial charge in [0.25, 0.3) is 5.91 Å². The van der Waals surface area contributed by atoms with Crippen LogP contribution in [0.5, 0.6) is 5.75 Å². The first-order valence-corrected chi connectivity index (χ1v) is 7.71. The van der Waals surface area contributed by atoms with E-state index in [4.69, 9.17) is 27.9 Å². The SMILES string of the molecule is CC1(O)CCCN(C(=O)COc2cc(Cl)ccc2Cl)CC1. The van der Waals surface area contributed by atoms with Crippen molar-refractivity contribution in [3.05, 3.63) is 28.2 Å². The van der Waals surface area contributed by atoms with Gasteiger partial charge in [-0.1, -0.05) is 23.2 Å². The highest BCUT2D eigenvalue weighted by atomic mass is 35.5. The summed E-state index contributed by atoms with van der Waals surface area (Å²) in [5.41, 5.74) is -0.688. The second kappa shape index (κ2) is 6.86. The van der Waals surface area contributed by atoms with E-state index in [2.05, 4.69) is 0 Å². The molecule has 0 spiro atoms. The predicted octanol–water partition coefficient (Wildman–Crippen LogP) is 3.14. The zero-order chi connectivity index (χ0) is 15.5. The van der Waals surface area contributed by atoms with E-state index < -0.39 is 5.60 Å². The van der Waals surface area contributed by atoms with E-state index in [0.717, 1.165) is 6.42 Å². The lowest BCUT2D eigenvalue weighted by Gasteiger charge is -2.22. The molecule has 0 aromatic heterocycles. The Morgan fingerprint density at radius 1 is 1.38 bits per heavy atom. The molecule has 1 N–H and O–H groups in total. The maximum absolute atomic E-state index is 12.2. The van der Waals surface area contributed by atoms with E-state index in [0.29, 0.717) is 41.7 Å². The number of likely N-dealkylation sites (tertiary alicyclic amines) is 1. The molecule has 21 heavy (non-hydrogen) atoms. The average Bonchev–Trinajstić information content (AvgIpc) is 2.60. The molecule has 1 unspecified atom stereocenters. The van der Waals surface area contributed by atoms with Crippen LogP contribution in [0.2, 0.25) is 10.0 Å². The molecule has 1 saturated heterocycles. The summed E-state index contributed by atoms with van der Waals surface area (Å²) in [6.07, 6.45) is 2.07. The largest absolute Gasteiger partial charge is 0.482 e. The molecule has 6 heteroatoms. The van der Waals surface area contributed by atoms with Crippen molar-refractivity contribution >= 4 is 29.1 Å². The Labute approximate surface area is 134 Å². The Hall–Kier alpha value is -0.970. The molecule has 2 rings (SSSR count). The molecule has 0 bridgehead atoms. The Kier molecular flexibility index (Phi) is 5.36. The van der Waals surface area contributed by atoms with E-state index in [1.807, 2.05) is 6.92 Å². The van der Waals surface area contributed by atoms with Gasteiger partial charge in [0.15, 0.2) is 6.61 Å². The predicted molar refractivity (Wildman–Crippen MR) is 83.0 cm³/mol. The van der Waals surface area contributed by atoms with Crippen LogP contribution in [0.3, 0.4) is 0 Å². The summed E-state index contributed by atoms with van der Waals surface area (Å²) < 4.78 is 5.46. The maximum Gasteiger partial charge on any atom is 0.260 e. The molecule has 1 amide bonds. The van der Waals surface area contributed by atoms with Crippen LogP contribution < -0.4 is 4.74 Å².